The largest absolute Gasteiger partial charge is 0.478 e. The quantitative estimate of drug-likeness (QED) is 0.772. The van der Waals surface area contributed by atoms with E-state index in [1.807, 2.05) is 24.4 Å². The first-order valence-electron chi connectivity index (χ1n) is 8.14. The van der Waals surface area contributed by atoms with Crippen LogP contribution in [-0.2, 0) is 4.74 Å². The summed E-state index contributed by atoms with van der Waals surface area (Å²) in [7, 11) is 0. The summed E-state index contributed by atoms with van der Waals surface area (Å²) in [6.07, 6.45) is 7.73. The molecule has 1 aliphatic heterocycles. The molecule has 0 bridgehead atoms. The van der Waals surface area contributed by atoms with Gasteiger partial charge >= 0.3 is 5.97 Å². The first kappa shape index (κ1) is 16.0. The number of carbonyl (C=O) groups is 1. The molecule has 1 fully saturated rings. The van der Waals surface area contributed by atoms with E-state index in [2.05, 4.69) is 14.8 Å². The van der Waals surface area contributed by atoms with Crippen LogP contribution in [0.3, 0.4) is 0 Å². The Morgan fingerprint density at radius 2 is 2.12 bits per heavy atom. The van der Waals surface area contributed by atoms with Gasteiger partial charge in [0.1, 0.15) is 5.01 Å². The Labute approximate surface area is 148 Å². The van der Waals surface area contributed by atoms with Crippen LogP contribution in [0.5, 0.6) is 0 Å². The molecule has 128 valence electrons. The van der Waals surface area contributed by atoms with Gasteiger partial charge in [-0.05, 0) is 49.3 Å². The van der Waals surface area contributed by atoms with Gasteiger partial charge in [-0.2, -0.15) is 5.10 Å². The van der Waals surface area contributed by atoms with Crippen LogP contribution in [-0.4, -0.2) is 39.1 Å². The van der Waals surface area contributed by atoms with E-state index in [0.717, 1.165) is 47.0 Å². The highest BCUT2D eigenvalue weighted by molar-refractivity contribution is 7.19. The van der Waals surface area contributed by atoms with E-state index in [4.69, 9.17) is 9.84 Å². The van der Waals surface area contributed by atoms with Gasteiger partial charge in [0.15, 0.2) is 0 Å². The van der Waals surface area contributed by atoms with Gasteiger partial charge in [-0.1, -0.05) is 0 Å². The lowest BCUT2D eigenvalue weighted by Gasteiger charge is -2.23. The van der Waals surface area contributed by atoms with Crippen LogP contribution in [0.15, 0.2) is 30.5 Å². The summed E-state index contributed by atoms with van der Waals surface area (Å²) in [5.74, 6) is -0.923. The first-order valence-corrected chi connectivity index (χ1v) is 8.95. The van der Waals surface area contributed by atoms with Crippen molar-refractivity contribution in [2.45, 2.75) is 18.9 Å². The second-order valence-corrected chi connectivity index (χ2v) is 6.98. The summed E-state index contributed by atoms with van der Waals surface area (Å²) < 4.78 is 8.34. The second kappa shape index (κ2) is 6.78. The van der Waals surface area contributed by atoms with E-state index in [1.54, 1.807) is 18.2 Å². The van der Waals surface area contributed by atoms with Crippen LogP contribution in [0.25, 0.3) is 22.4 Å². The topological polar surface area (TPSA) is 77.2 Å². The van der Waals surface area contributed by atoms with Gasteiger partial charge < -0.3 is 9.84 Å². The zero-order valence-corrected chi connectivity index (χ0v) is 14.3. The number of aromatic carboxylic acids is 1. The number of fused-ring (bicyclic) bond motifs is 1. The maximum Gasteiger partial charge on any atom is 0.335 e. The number of nitrogens with zero attached hydrogens (tertiary/aromatic N) is 3. The monoisotopic (exact) mass is 355 g/mol. The highest BCUT2D eigenvalue weighted by Gasteiger charge is 2.17. The van der Waals surface area contributed by atoms with Gasteiger partial charge in [-0.15, -0.1) is 11.3 Å². The van der Waals surface area contributed by atoms with Crippen molar-refractivity contribution in [3.05, 3.63) is 46.7 Å². The molecule has 3 heterocycles. The van der Waals surface area contributed by atoms with Crippen LogP contribution >= 0.6 is 11.3 Å². The normalized spacial score (nSPS) is 16.0. The summed E-state index contributed by atoms with van der Waals surface area (Å²) in [6.45, 7) is 1.55. The molecular weight excluding hydrogens is 338 g/mol. The van der Waals surface area contributed by atoms with Crippen LogP contribution in [0, 0.1) is 0 Å². The van der Waals surface area contributed by atoms with E-state index < -0.39 is 5.97 Å². The van der Waals surface area contributed by atoms with E-state index >= 15 is 0 Å². The van der Waals surface area contributed by atoms with Crippen molar-refractivity contribution < 1.29 is 14.6 Å². The van der Waals surface area contributed by atoms with Crippen LogP contribution in [0.2, 0.25) is 0 Å². The average Bonchev–Trinajstić information content (AvgIpc) is 3.26. The maximum atomic E-state index is 11.1. The molecule has 6 nitrogen and oxygen atoms in total. The number of rotatable bonds is 4. The Bertz CT molecular complexity index is 938. The molecule has 1 aromatic carbocycles. The zero-order chi connectivity index (χ0) is 17.2. The number of benzene rings is 1. The van der Waals surface area contributed by atoms with Crippen molar-refractivity contribution in [1.29, 1.82) is 0 Å². The molecule has 4 rings (SSSR count). The Morgan fingerprint density at radius 3 is 2.92 bits per heavy atom. The van der Waals surface area contributed by atoms with Crippen molar-refractivity contribution in [2.24, 2.45) is 0 Å². The van der Waals surface area contributed by atoms with Crippen molar-refractivity contribution >= 4 is 39.7 Å². The lowest BCUT2D eigenvalue weighted by Crippen LogP contribution is -2.21. The second-order valence-electron chi connectivity index (χ2n) is 5.92. The number of hydrogen-bond donors (Lipinski definition) is 1. The van der Waals surface area contributed by atoms with E-state index in [9.17, 15) is 4.79 Å². The lowest BCUT2D eigenvalue weighted by atomic mass is 10.1. The number of hydrogen-bond acceptors (Lipinski definition) is 5. The molecule has 1 N–H and O–H groups in total. The minimum Gasteiger partial charge on any atom is -0.478 e. The van der Waals surface area contributed by atoms with E-state index in [1.165, 1.54) is 11.3 Å². The Kier molecular flexibility index (Phi) is 4.33. The molecule has 3 aromatic rings. The van der Waals surface area contributed by atoms with Gasteiger partial charge in [-0.25, -0.2) is 9.78 Å². The standard InChI is InChI=1S/C18H17N3O3S/c22-18(23)12-1-3-15-16(11-12)25-17(20-15)4-2-13-5-8-19-21(13)14-6-9-24-10-7-14/h1-5,8,11,14H,6-7,9-10H2,(H,22,23)/b4-2+. The summed E-state index contributed by atoms with van der Waals surface area (Å²) >= 11 is 1.48. The van der Waals surface area contributed by atoms with Gasteiger partial charge in [0.05, 0.1) is 27.5 Å². The lowest BCUT2D eigenvalue weighted by molar-refractivity contribution is 0.0660. The van der Waals surface area contributed by atoms with Gasteiger partial charge in [0.2, 0.25) is 0 Å². The predicted octanol–water partition coefficient (Wildman–Crippen LogP) is 3.71. The fourth-order valence-electron chi connectivity index (χ4n) is 2.99. The molecule has 2 aromatic heterocycles. The molecule has 0 amide bonds. The maximum absolute atomic E-state index is 11.1. The molecule has 1 aliphatic rings. The van der Waals surface area contributed by atoms with Crippen molar-refractivity contribution in [2.75, 3.05) is 13.2 Å². The molecule has 0 atom stereocenters. The Morgan fingerprint density at radius 1 is 1.28 bits per heavy atom. The zero-order valence-electron chi connectivity index (χ0n) is 13.5. The molecule has 0 unspecified atom stereocenters. The highest BCUT2D eigenvalue weighted by atomic mass is 32.1. The summed E-state index contributed by atoms with van der Waals surface area (Å²) in [5, 5.41) is 14.4. The molecule has 0 saturated carbocycles. The number of carboxylic acid groups (broad SMARTS) is 1. The SMILES string of the molecule is O=C(O)c1ccc2nc(/C=C/c3ccnn3C3CCOCC3)sc2c1. The van der Waals surface area contributed by atoms with Gasteiger partial charge in [-0.3, -0.25) is 4.68 Å². The summed E-state index contributed by atoms with van der Waals surface area (Å²) in [5.41, 5.74) is 2.13. The Hall–Kier alpha value is -2.51. The van der Waals surface area contributed by atoms with Crippen LogP contribution < -0.4 is 0 Å². The van der Waals surface area contributed by atoms with E-state index in [-0.39, 0.29) is 5.56 Å². The molecule has 0 radical (unpaired) electrons. The smallest absolute Gasteiger partial charge is 0.335 e. The minimum atomic E-state index is -0.923. The summed E-state index contributed by atoms with van der Waals surface area (Å²) in [6, 6.07) is 7.36. The average molecular weight is 355 g/mol. The predicted molar refractivity (Wildman–Crippen MR) is 96.8 cm³/mol. The molecule has 7 heteroatoms. The van der Waals surface area contributed by atoms with Crippen molar-refractivity contribution in [1.82, 2.24) is 14.8 Å². The molecule has 1 saturated heterocycles. The van der Waals surface area contributed by atoms with E-state index in [0.29, 0.717) is 6.04 Å². The van der Waals surface area contributed by atoms with Crippen LogP contribution in [0.1, 0.15) is 39.9 Å². The molecule has 0 aliphatic carbocycles. The molecular formula is C18H17N3O3S. The fourth-order valence-corrected chi connectivity index (χ4v) is 3.90. The Balaban J connectivity index is 1.59. The third-order valence-electron chi connectivity index (χ3n) is 4.29. The van der Waals surface area contributed by atoms with Crippen LogP contribution in [0.4, 0.5) is 0 Å². The fraction of sp³-hybridized carbons (Fsp3) is 0.278. The third-order valence-corrected chi connectivity index (χ3v) is 5.27. The number of ether oxygens (including phenoxy) is 1. The van der Waals surface area contributed by atoms with Crippen molar-refractivity contribution in [3.63, 3.8) is 0 Å². The summed E-state index contributed by atoms with van der Waals surface area (Å²) in [4.78, 5) is 15.6. The number of carboxylic acids is 1. The third kappa shape index (κ3) is 3.33. The van der Waals surface area contributed by atoms with Crippen molar-refractivity contribution in [3.8, 4) is 0 Å². The first-order chi connectivity index (χ1) is 12.2. The van der Waals surface area contributed by atoms with Gasteiger partial charge in [0.25, 0.3) is 0 Å². The van der Waals surface area contributed by atoms with Gasteiger partial charge in [0, 0.05) is 19.4 Å². The highest BCUT2D eigenvalue weighted by Crippen LogP contribution is 2.26. The number of aromatic nitrogens is 3. The molecule has 0 spiro atoms. The molecule has 25 heavy (non-hydrogen) atoms. The number of thiazole rings is 1. The minimum absolute atomic E-state index is 0.282.